The Kier molecular flexibility index (Phi) is 0.913. The van der Waals surface area contributed by atoms with Crippen LogP contribution in [0.25, 0.3) is 0 Å². The fourth-order valence-electron chi connectivity index (χ4n) is 1.04. The van der Waals surface area contributed by atoms with E-state index < -0.39 is 0 Å². The molecule has 9 heavy (non-hydrogen) atoms. The van der Waals surface area contributed by atoms with Gasteiger partial charge in [0.2, 0.25) is 0 Å². The van der Waals surface area contributed by atoms with Crippen LogP contribution in [0.1, 0.15) is 12.1 Å². The third-order valence-electron chi connectivity index (χ3n) is 1.52. The Bertz CT molecular complexity index is 184. The Hall–Kier alpha value is -1.06. The highest BCUT2D eigenvalue weighted by atomic mass is 15.4. The van der Waals surface area contributed by atoms with Gasteiger partial charge in [0, 0.05) is 6.54 Å². The Morgan fingerprint density at radius 2 is 2.44 bits per heavy atom. The van der Waals surface area contributed by atoms with Crippen molar-refractivity contribution in [2.24, 2.45) is 0 Å². The van der Waals surface area contributed by atoms with Crippen molar-refractivity contribution in [3.8, 4) is 0 Å². The SMILES string of the molecule is C1CNc2nn[nH]c2C1. The largest absolute Gasteiger partial charge is 0.367 e. The zero-order valence-electron chi connectivity index (χ0n) is 5.02. The van der Waals surface area contributed by atoms with Gasteiger partial charge in [0.15, 0.2) is 5.82 Å². The van der Waals surface area contributed by atoms with E-state index in [1.807, 2.05) is 0 Å². The van der Waals surface area contributed by atoms with E-state index in [-0.39, 0.29) is 0 Å². The van der Waals surface area contributed by atoms with E-state index in [1.165, 1.54) is 6.42 Å². The van der Waals surface area contributed by atoms with E-state index >= 15 is 0 Å². The van der Waals surface area contributed by atoms with Crippen LogP contribution >= 0.6 is 0 Å². The van der Waals surface area contributed by atoms with Gasteiger partial charge in [-0.1, -0.05) is 5.21 Å². The maximum atomic E-state index is 3.84. The molecule has 48 valence electrons. The van der Waals surface area contributed by atoms with Gasteiger partial charge in [-0.15, -0.1) is 5.10 Å². The maximum absolute atomic E-state index is 3.84. The van der Waals surface area contributed by atoms with Crippen LogP contribution in [-0.2, 0) is 6.42 Å². The first-order valence-corrected chi connectivity index (χ1v) is 3.10. The highest BCUT2D eigenvalue weighted by molar-refractivity contribution is 5.40. The molecular formula is C5H8N4. The van der Waals surface area contributed by atoms with E-state index in [9.17, 15) is 0 Å². The zero-order chi connectivity index (χ0) is 6.10. The molecular weight excluding hydrogens is 116 g/mol. The number of rotatable bonds is 0. The number of aromatic nitrogens is 3. The molecule has 2 N–H and O–H groups in total. The number of H-pyrrole nitrogens is 1. The van der Waals surface area contributed by atoms with Gasteiger partial charge >= 0.3 is 0 Å². The smallest absolute Gasteiger partial charge is 0.171 e. The maximum Gasteiger partial charge on any atom is 0.171 e. The minimum absolute atomic E-state index is 0.932. The van der Waals surface area contributed by atoms with E-state index in [4.69, 9.17) is 0 Å². The lowest BCUT2D eigenvalue weighted by Crippen LogP contribution is -2.10. The van der Waals surface area contributed by atoms with Gasteiger partial charge in [-0.2, -0.15) is 0 Å². The molecule has 0 fully saturated rings. The molecule has 0 atom stereocenters. The molecule has 2 heterocycles. The summed E-state index contributed by atoms with van der Waals surface area (Å²) in [7, 11) is 0. The van der Waals surface area contributed by atoms with Gasteiger partial charge in [0.25, 0.3) is 0 Å². The Morgan fingerprint density at radius 3 is 3.33 bits per heavy atom. The number of nitrogens with zero attached hydrogens (tertiary/aromatic N) is 2. The number of hydrogen-bond acceptors (Lipinski definition) is 3. The molecule has 0 aromatic carbocycles. The number of anilines is 1. The highest BCUT2D eigenvalue weighted by Gasteiger charge is 2.09. The average molecular weight is 124 g/mol. The molecule has 0 unspecified atom stereocenters. The molecule has 1 aliphatic heterocycles. The van der Waals surface area contributed by atoms with E-state index in [0.717, 1.165) is 24.5 Å². The third-order valence-corrected chi connectivity index (χ3v) is 1.52. The number of aryl methyl sites for hydroxylation is 1. The van der Waals surface area contributed by atoms with Crippen molar-refractivity contribution in [1.29, 1.82) is 0 Å². The van der Waals surface area contributed by atoms with Crippen LogP contribution in [0.4, 0.5) is 5.82 Å². The zero-order valence-corrected chi connectivity index (χ0v) is 5.02. The normalized spacial score (nSPS) is 16.4. The van der Waals surface area contributed by atoms with Gasteiger partial charge in [0.05, 0.1) is 5.69 Å². The van der Waals surface area contributed by atoms with Crippen LogP contribution in [0, 0.1) is 0 Å². The summed E-state index contributed by atoms with van der Waals surface area (Å²) in [4.78, 5) is 0. The molecule has 2 rings (SSSR count). The topological polar surface area (TPSA) is 53.6 Å². The van der Waals surface area contributed by atoms with Crippen LogP contribution in [0.2, 0.25) is 0 Å². The van der Waals surface area contributed by atoms with Crippen molar-refractivity contribution in [2.75, 3.05) is 11.9 Å². The van der Waals surface area contributed by atoms with Crippen LogP contribution in [0.15, 0.2) is 0 Å². The Balaban J connectivity index is 2.39. The molecule has 0 saturated carbocycles. The van der Waals surface area contributed by atoms with Gasteiger partial charge < -0.3 is 5.32 Å². The second-order valence-electron chi connectivity index (χ2n) is 2.17. The van der Waals surface area contributed by atoms with E-state index in [0.29, 0.717) is 0 Å². The summed E-state index contributed by atoms with van der Waals surface area (Å²) in [6, 6.07) is 0. The van der Waals surface area contributed by atoms with E-state index in [2.05, 4.69) is 20.7 Å². The molecule has 0 bridgehead atoms. The molecule has 0 spiro atoms. The molecule has 0 saturated heterocycles. The quantitative estimate of drug-likeness (QED) is 0.518. The van der Waals surface area contributed by atoms with Crippen LogP contribution in [0.5, 0.6) is 0 Å². The minimum atomic E-state index is 0.932. The number of nitrogens with one attached hydrogen (secondary N) is 2. The predicted molar refractivity (Wildman–Crippen MR) is 33.2 cm³/mol. The molecule has 1 aromatic rings. The third kappa shape index (κ3) is 0.667. The summed E-state index contributed by atoms with van der Waals surface area (Å²) in [5.74, 6) is 0.932. The fourth-order valence-corrected chi connectivity index (χ4v) is 1.04. The van der Waals surface area contributed by atoms with Crippen molar-refractivity contribution in [2.45, 2.75) is 12.8 Å². The van der Waals surface area contributed by atoms with E-state index in [1.54, 1.807) is 0 Å². The number of aromatic amines is 1. The van der Waals surface area contributed by atoms with Crippen molar-refractivity contribution in [3.05, 3.63) is 5.69 Å². The molecule has 0 amide bonds. The first kappa shape index (κ1) is 4.78. The molecule has 1 aliphatic rings. The van der Waals surface area contributed by atoms with Crippen molar-refractivity contribution < 1.29 is 0 Å². The van der Waals surface area contributed by atoms with Crippen LogP contribution in [-0.4, -0.2) is 22.0 Å². The number of fused-ring (bicyclic) bond motifs is 1. The van der Waals surface area contributed by atoms with Crippen molar-refractivity contribution in [3.63, 3.8) is 0 Å². The first-order valence-electron chi connectivity index (χ1n) is 3.10. The predicted octanol–water partition coefficient (Wildman–Crippen LogP) is 0.163. The van der Waals surface area contributed by atoms with Gasteiger partial charge in [0.1, 0.15) is 0 Å². The van der Waals surface area contributed by atoms with Crippen molar-refractivity contribution >= 4 is 5.82 Å². The monoisotopic (exact) mass is 124 g/mol. The van der Waals surface area contributed by atoms with Gasteiger partial charge in [-0.05, 0) is 12.8 Å². The van der Waals surface area contributed by atoms with Crippen LogP contribution < -0.4 is 5.32 Å². The standard InChI is InChI=1S/C5H8N4/c1-2-4-5(6-3-1)8-9-7-4/h1-3H2,(H2,6,7,8,9). The van der Waals surface area contributed by atoms with Gasteiger partial charge in [-0.25, -0.2) is 0 Å². The summed E-state index contributed by atoms with van der Waals surface area (Å²) in [6.07, 6.45) is 2.26. The number of hydrogen-bond donors (Lipinski definition) is 2. The summed E-state index contributed by atoms with van der Waals surface area (Å²) < 4.78 is 0. The van der Waals surface area contributed by atoms with Gasteiger partial charge in [-0.3, -0.25) is 5.10 Å². The lowest BCUT2D eigenvalue weighted by atomic mass is 10.2. The van der Waals surface area contributed by atoms with Crippen molar-refractivity contribution in [1.82, 2.24) is 15.4 Å². The second-order valence-corrected chi connectivity index (χ2v) is 2.17. The molecule has 4 heteroatoms. The molecule has 0 radical (unpaired) electrons. The molecule has 0 aliphatic carbocycles. The summed E-state index contributed by atoms with van der Waals surface area (Å²) in [5.41, 5.74) is 1.14. The summed E-state index contributed by atoms with van der Waals surface area (Å²) in [5, 5.41) is 13.5. The molecule has 4 nitrogen and oxygen atoms in total. The lowest BCUT2D eigenvalue weighted by Gasteiger charge is -2.09. The Morgan fingerprint density at radius 1 is 1.44 bits per heavy atom. The lowest BCUT2D eigenvalue weighted by molar-refractivity contribution is 0.801. The highest BCUT2D eigenvalue weighted by Crippen LogP contribution is 2.13. The Labute approximate surface area is 52.7 Å². The fraction of sp³-hybridized carbons (Fsp3) is 0.600. The first-order chi connectivity index (χ1) is 4.47. The summed E-state index contributed by atoms with van der Waals surface area (Å²) in [6.45, 7) is 1.03. The average Bonchev–Trinajstić information content (AvgIpc) is 2.33. The minimum Gasteiger partial charge on any atom is -0.367 e. The molecule has 1 aromatic heterocycles. The second kappa shape index (κ2) is 1.72. The van der Waals surface area contributed by atoms with Crippen LogP contribution in [0.3, 0.4) is 0 Å². The summed E-state index contributed by atoms with van der Waals surface area (Å²) >= 11 is 0.